The highest BCUT2D eigenvalue weighted by Gasteiger charge is 2.34. The van der Waals surface area contributed by atoms with Crippen LogP contribution < -0.4 is 19.5 Å². The number of benzene rings is 3. The quantitative estimate of drug-likeness (QED) is 0.501. The molecule has 6 nitrogen and oxygen atoms in total. The number of fused-ring (bicyclic) bond motifs is 1. The molecule has 4 rings (SSSR count). The standard InChI is InChI=1S/C29H34N2O4/c1-19-7-6-8-21(15-19)18-31-14-13-23-16-26(34-4)27(35-5)17-25(23)28(31)20(2)30-29(32)22-9-11-24(33-3)12-10-22/h6-12,15-17,20,28H,13-14,18H2,1-5H3,(H,30,32). The van der Waals surface area contributed by atoms with Crippen molar-refractivity contribution in [3.8, 4) is 17.2 Å². The summed E-state index contributed by atoms with van der Waals surface area (Å²) < 4.78 is 16.4. The lowest BCUT2D eigenvalue weighted by Crippen LogP contribution is -2.47. The highest BCUT2D eigenvalue weighted by Crippen LogP contribution is 2.40. The number of hydrogen-bond acceptors (Lipinski definition) is 5. The van der Waals surface area contributed by atoms with Crippen LogP contribution in [0.5, 0.6) is 17.2 Å². The van der Waals surface area contributed by atoms with Gasteiger partial charge in [0.15, 0.2) is 11.5 Å². The van der Waals surface area contributed by atoms with Crippen molar-refractivity contribution in [1.29, 1.82) is 0 Å². The Morgan fingerprint density at radius 2 is 1.71 bits per heavy atom. The maximum absolute atomic E-state index is 13.1. The number of methoxy groups -OCH3 is 3. The second kappa shape index (κ2) is 10.8. The van der Waals surface area contributed by atoms with Crippen molar-refractivity contribution < 1.29 is 19.0 Å². The third-order valence-electron chi connectivity index (χ3n) is 6.68. The van der Waals surface area contributed by atoms with Crippen molar-refractivity contribution in [2.75, 3.05) is 27.9 Å². The van der Waals surface area contributed by atoms with E-state index in [4.69, 9.17) is 14.2 Å². The molecule has 3 aromatic carbocycles. The highest BCUT2D eigenvalue weighted by molar-refractivity contribution is 5.94. The normalized spacial score (nSPS) is 16.2. The van der Waals surface area contributed by atoms with Crippen LogP contribution in [0.1, 0.15) is 45.6 Å². The van der Waals surface area contributed by atoms with E-state index in [0.29, 0.717) is 11.3 Å². The third kappa shape index (κ3) is 5.43. The Labute approximate surface area is 207 Å². The lowest BCUT2D eigenvalue weighted by Gasteiger charge is -2.41. The molecule has 0 aliphatic carbocycles. The molecule has 35 heavy (non-hydrogen) atoms. The van der Waals surface area contributed by atoms with Gasteiger partial charge in [0.25, 0.3) is 5.91 Å². The number of ether oxygens (including phenoxy) is 3. The second-order valence-corrected chi connectivity index (χ2v) is 9.05. The van der Waals surface area contributed by atoms with Crippen LogP contribution in [0.4, 0.5) is 0 Å². The Balaban J connectivity index is 1.66. The molecule has 1 aliphatic heterocycles. The number of aryl methyl sites for hydroxylation is 1. The topological polar surface area (TPSA) is 60.0 Å². The van der Waals surface area contributed by atoms with E-state index in [1.54, 1.807) is 45.6 Å². The lowest BCUT2D eigenvalue weighted by molar-refractivity contribution is 0.0877. The Hall–Kier alpha value is -3.51. The summed E-state index contributed by atoms with van der Waals surface area (Å²) >= 11 is 0. The van der Waals surface area contributed by atoms with Crippen LogP contribution in [0.3, 0.4) is 0 Å². The van der Waals surface area contributed by atoms with Crippen LogP contribution in [0, 0.1) is 6.92 Å². The molecule has 1 heterocycles. The Kier molecular flexibility index (Phi) is 7.61. The molecule has 0 spiro atoms. The molecular formula is C29H34N2O4. The van der Waals surface area contributed by atoms with E-state index in [9.17, 15) is 4.79 Å². The van der Waals surface area contributed by atoms with E-state index >= 15 is 0 Å². The van der Waals surface area contributed by atoms with Gasteiger partial charge in [0.1, 0.15) is 5.75 Å². The zero-order valence-corrected chi connectivity index (χ0v) is 21.1. The van der Waals surface area contributed by atoms with Gasteiger partial charge in [-0.25, -0.2) is 0 Å². The predicted molar refractivity (Wildman–Crippen MR) is 138 cm³/mol. The Morgan fingerprint density at radius 3 is 2.37 bits per heavy atom. The van der Waals surface area contributed by atoms with Crippen molar-refractivity contribution in [3.05, 3.63) is 88.5 Å². The minimum atomic E-state index is -0.147. The van der Waals surface area contributed by atoms with Crippen molar-refractivity contribution in [2.45, 2.75) is 38.9 Å². The van der Waals surface area contributed by atoms with Gasteiger partial charge in [-0.1, -0.05) is 29.8 Å². The lowest BCUT2D eigenvalue weighted by atomic mass is 9.87. The number of rotatable bonds is 8. The first-order chi connectivity index (χ1) is 16.9. The van der Waals surface area contributed by atoms with Gasteiger partial charge in [0.05, 0.1) is 27.4 Å². The summed E-state index contributed by atoms with van der Waals surface area (Å²) in [5.74, 6) is 2.04. The maximum Gasteiger partial charge on any atom is 0.251 e. The van der Waals surface area contributed by atoms with Crippen LogP contribution in [0.2, 0.25) is 0 Å². The van der Waals surface area contributed by atoms with Crippen LogP contribution in [-0.4, -0.2) is 44.7 Å². The first kappa shape index (κ1) is 24.6. The Bertz CT molecular complexity index is 1180. The smallest absolute Gasteiger partial charge is 0.251 e. The SMILES string of the molecule is COc1ccc(C(=O)NC(C)C2c3cc(OC)c(OC)cc3CCN2Cc2cccc(C)c2)cc1. The fourth-order valence-corrected chi connectivity index (χ4v) is 4.95. The summed E-state index contributed by atoms with van der Waals surface area (Å²) in [5.41, 5.74) is 5.48. The molecule has 1 amide bonds. The van der Waals surface area contributed by atoms with Gasteiger partial charge in [-0.3, -0.25) is 9.69 Å². The zero-order chi connectivity index (χ0) is 24.9. The molecule has 0 radical (unpaired) electrons. The molecule has 6 heteroatoms. The second-order valence-electron chi connectivity index (χ2n) is 9.05. The first-order valence-corrected chi connectivity index (χ1v) is 11.9. The highest BCUT2D eigenvalue weighted by atomic mass is 16.5. The van der Waals surface area contributed by atoms with Gasteiger partial charge in [-0.15, -0.1) is 0 Å². The molecule has 0 aromatic heterocycles. The summed E-state index contributed by atoms with van der Waals surface area (Å²) in [7, 11) is 4.93. The van der Waals surface area contributed by atoms with Crippen LogP contribution >= 0.6 is 0 Å². The number of hydrogen-bond donors (Lipinski definition) is 1. The number of carbonyl (C=O) groups excluding carboxylic acids is 1. The molecule has 0 saturated carbocycles. The maximum atomic E-state index is 13.1. The molecule has 1 aliphatic rings. The fourth-order valence-electron chi connectivity index (χ4n) is 4.95. The van der Waals surface area contributed by atoms with E-state index in [2.05, 4.69) is 60.5 Å². The van der Waals surface area contributed by atoms with Gasteiger partial charge in [-0.05, 0) is 73.4 Å². The van der Waals surface area contributed by atoms with Gasteiger partial charge in [0.2, 0.25) is 0 Å². The molecule has 0 fully saturated rings. The first-order valence-electron chi connectivity index (χ1n) is 11.9. The predicted octanol–water partition coefficient (Wildman–Crippen LogP) is 4.94. The monoisotopic (exact) mass is 474 g/mol. The van der Waals surface area contributed by atoms with Gasteiger partial charge >= 0.3 is 0 Å². The van der Waals surface area contributed by atoms with E-state index in [0.717, 1.165) is 36.6 Å². The van der Waals surface area contributed by atoms with Crippen LogP contribution in [0.25, 0.3) is 0 Å². The van der Waals surface area contributed by atoms with Crippen LogP contribution in [0.15, 0.2) is 60.7 Å². The molecule has 2 atom stereocenters. The molecule has 0 saturated heterocycles. The zero-order valence-electron chi connectivity index (χ0n) is 21.1. The number of nitrogens with one attached hydrogen (secondary N) is 1. The summed E-state index contributed by atoms with van der Waals surface area (Å²) in [6.07, 6.45) is 0.900. The minimum absolute atomic E-state index is 0.0266. The number of carbonyl (C=O) groups is 1. The third-order valence-corrected chi connectivity index (χ3v) is 6.68. The summed E-state index contributed by atoms with van der Waals surface area (Å²) in [4.78, 5) is 15.6. The fraction of sp³-hybridized carbons (Fsp3) is 0.345. The molecule has 0 bridgehead atoms. The molecule has 3 aromatic rings. The van der Waals surface area contributed by atoms with E-state index < -0.39 is 0 Å². The van der Waals surface area contributed by atoms with Crippen LogP contribution in [-0.2, 0) is 13.0 Å². The number of nitrogens with zero attached hydrogens (tertiary/aromatic N) is 1. The minimum Gasteiger partial charge on any atom is -0.497 e. The summed E-state index contributed by atoms with van der Waals surface area (Å²) in [6, 6.07) is 19.7. The molecular weight excluding hydrogens is 440 g/mol. The summed E-state index contributed by atoms with van der Waals surface area (Å²) in [6.45, 7) is 5.86. The van der Waals surface area contributed by atoms with E-state index in [-0.39, 0.29) is 18.0 Å². The molecule has 2 unspecified atom stereocenters. The van der Waals surface area contributed by atoms with Crippen molar-refractivity contribution in [3.63, 3.8) is 0 Å². The van der Waals surface area contributed by atoms with E-state index in [1.165, 1.54) is 16.7 Å². The summed E-state index contributed by atoms with van der Waals surface area (Å²) in [5, 5.41) is 3.24. The van der Waals surface area contributed by atoms with Gasteiger partial charge < -0.3 is 19.5 Å². The van der Waals surface area contributed by atoms with Gasteiger partial charge in [0, 0.05) is 24.7 Å². The average Bonchev–Trinajstić information content (AvgIpc) is 2.87. The Morgan fingerprint density at radius 1 is 1.00 bits per heavy atom. The van der Waals surface area contributed by atoms with E-state index in [1.807, 2.05) is 0 Å². The van der Waals surface area contributed by atoms with Crippen molar-refractivity contribution >= 4 is 5.91 Å². The van der Waals surface area contributed by atoms with Crippen molar-refractivity contribution in [1.82, 2.24) is 10.2 Å². The van der Waals surface area contributed by atoms with Crippen molar-refractivity contribution in [2.24, 2.45) is 0 Å². The molecule has 1 N–H and O–H groups in total. The average molecular weight is 475 g/mol. The molecule has 184 valence electrons. The van der Waals surface area contributed by atoms with Gasteiger partial charge in [-0.2, -0.15) is 0 Å². The number of amides is 1. The largest absolute Gasteiger partial charge is 0.497 e.